The second-order valence-corrected chi connectivity index (χ2v) is 15.6. The molecule has 3 amide bonds. The summed E-state index contributed by atoms with van der Waals surface area (Å²) in [6.45, 7) is 10.7. The number of hydrogen-bond acceptors (Lipinski definition) is 9. The summed E-state index contributed by atoms with van der Waals surface area (Å²) in [7, 11) is 0. The van der Waals surface area contributed by atoms with Crippen LogP contribution in [-0.4, -0.2) is 77.5 Å². The summed E-state index contributed by atoms with van der Waals surface area (Å²) in [5.74, 6) is -2.69. The Hall–Kier alpha value is -3.67. The summed E-state index contributed by atoms with van der Waals surface area (Å²) in [6.07, 6.45) is 3.64. The summed E-state index contributed by atoms with van der Waals surface area (Å²) >= 11 is 0. The molecule has 274 valence electrons. The predicted octanol–water partition coefficient (Wildman–Crippen LogP) is 4.50. The van der Waals surface area contributed by atoms with Gasteiger partial charge in [-0.1, -0.05) is 83.2 Å². The van der Waals surface area contributed by atoms with Crippen molar-refractivity contribution < 1.29 is 43.3 Å². The van der Waals surface area contributed by atoms with Crippen LogP contribution in [0.3, 0.4) is 0 Å². The van der Waals surface area contributed by atoms with Crippen molar-refractivity contribution in [2.75, 3.05) is 6.61 Å². The first-order chi connectivity index (χ1) is 23.0. The molecule has 1 aromatic rings. The molecule has 5 atom stereocenters. The highest BCUT2D eigenvalue weighted by molar-refractivity contribution is 5.92. The lowest BCUT2D eigenvalue weighted by Gasteiger charge is -2.32. The van der Waals surface area contributed by atoms with Gasteiger partial charge in [-0.15, -0.1) is 0 Å². The van der Waals surface area contributed by atoms with E-state index in [9.17, 15) is 29.1 Å². The van der Waals surface area contributed by atoms with Crippen LogP contribution in [-0.2, 0) is 39.8 Å². The Bertz CT molecular complexity index is 1250. The van der Waals surface area contributed by atoms with E-state index in [2.05, 4.69) is 16.0 Å². The minimum atomic E-state index is -1.64. The maximum absolute atomic E-state index is 13.9. The third-order valence-corrected chi connectivity index (χ3v) is 8.63. The van der Waals surface area contributed by atoms with Gasteiger partial charge in [-0.2, -0.15) is 0 Å². The lowest BCUT2D eigenvalue weighted by molar-refractivity contribution is -0.163. The van der Waals surface area contributed by atoms with E-state index in [-0.39, 0.29) is 24.2 Å². The summed E-state index contributed by atoms with van der Waals surface area (Å²) < 4.78 is 16.7. The Morgan fingerprint density at radius 3 is 2.29 bits per heavy atom. The molecule has 0 bridgehead atoms. The van der Waals surface area contributed by atoms with Crippen molar-refractivity contribution in [3.8, 4) is 0 Å². The standard InChI is InChI=1S/C37H57N3O9/c1-36(2,3)22-26-18-13-19-30(41)47-23-29(33(44)38-27(31(42)34(45)48-26)20-24-14-9-7-10-15-24)39-32(43)28(21-25-16-11-8-12-17-25)40-35(46)49-37(4,5)6/h8,11-12,16-17,24,26-29,31,42H,7,9-10,13-15,18-23H2,1-6H3,(H,38,44)(H,39,43)(H,40,46)/t26?,27-,28?,29-,31+/m0/s1. The first kappa shape index (κ1) is 39.8. The van der Waals surface area contributed by atoms with E-state index in [1.54, 1.807) is 45.0 Å². The smallest absolute Gasteiger partial charge is 0.408 e. The number of carbonyl (C=O) groups excluding carboxylic acids is 5. The predicted molar refractivity (Wildman–Crippen MR) is 183 cm³/mol. The average Bonchev–Trinajstić information content (AvgIpc) is 3.00. The number of hydrogen-bond donors (Lipinski definition) is 4. The van der Waals surface area contributed by atoms with Crippen molar-refractivity contribution in [2.45, 2.75) is 148 Å². The van der Waals surface area contributed by atoms with E-state index in [0.29, 0.717) is 25.7 Å². The van der Waals surface area contributed by atoms with Crippen LogP contribution in [0, 0.1) is 11.3 Å². The number of nitrogens with one attached hydrogen (secondary N) is 3. The van der Waals surface area contributed by atoms with Crippen LogP contribution in [0.15, 0.2) is 30.3 Å². The molecule has 49 heavy (non-hydrogen) atoms. The number of ether oxygens (including phenoxy) is 3. The van der Waals surface area contributed by atoms with Crippen molar-refractivity contribution in [3.05, 3.63) is 35.9 Å². The molecule has 1 aliphatic heterocycles. The molecule has 1 aromatic carbocycles. The number of amides is 3. The zero-order valence-electron chi connectivity index (χ0n) is 30.0. The van der Waals surface area contributed by atoms with Gasteiger partial charge in [0, 0.05) is 12.8 Å². The molecule has 2 aliphatic rings. The normalized spacial score (nSPS) is 24.3. The topological polar surface area (TPSA) is 169 Å². The van der Waals surface area contributed by atoms with Gasteiger partial charge in [-0.3, -0.25) is 14.4 Å². The molecule has 1 saturated carbocycles. The molecule has 2 fully saturated rings. The molecule has 0 radical (unpaired) electrons. The molecule has 2 unspecified atom stereocenters. The highest BCUT2D eigenvalue weighted by atomic mass is 16.6. The van der Waals surface area contributed by atoms with E-state index in [1.165, 1.54) is 0 Å². The fourth-order valence-corrected chi connectivity index (χ4v) is 6.30. The van der Waals surface area contributed by atoms with Gasteiger partial charge in [0.15, 0.2) is 6.10 Å². The summed E-state index contributed by atoms with van der Waals surface area (Å²) in [6, 6.07) is 5.50. The van der Waals surface area contributed by atoms with Gasteiger partial charge >= 0.3 is 18.0 Å². The van der Waals surface area contributed by atoms with E-state index in [0.717, 1.165) is 37.7 Å². The molecule has 0 aromatic heterocycles. The molecule has 4 N–H and O–H groups in total. The van der Waals surface area contributed by atoms with Crippen LogP contribution in [0.2, 0.25) is 0 Å². The fourth-order valence-electron chi connectivity index (χ4n) is 6.30. The first-order valence-electron chi connectivity index (χ1n) is 17.7. The number of rotatable bonds is 8. The zero-order valence-corrected chi connectivity index (χ0v) is 30.0. The summed E-state index contributed by atoms with van der Waals surface area (Å²) in [5.41, 5.74) is -0.252. The van der Waals surface area contributed by atoms with Crippen LogP contribution in [0.1, 0.15) is 111 Å². The number of aliphatic hydroxyl groups excluding tert-OH is 1. The van der Waals surface area contributed by atoms with Gasteiger partial charge in [-0.05, 0) is 63.4 Å². The van der Waals surface area contributed by atoms with Gasteiger partial charge in [0.05, 0.1) is 6.04 Å². The third-order valence-electron chi connectivity index (χ3n) is 8.63. The number of aliphatic hydroxyl groups is 1. The Kier molecular flexibility index (Phi) is 14.9. The van der Waals surface area contributed by atoms with Crippen LogP contribution in [0.5, 0.6) is 0 Å². The monoisotopic (exact) mass is 687 g/mol. The molecule has 1 saturated heterocycles. The van der Waals surface area contributed by atoms with Crippen molar-refractivity contribution in [3.63, 3.8) is 0 Å². The van der Waals surface area contributed by atoms with Gasteiger partial charge in [-0.25, -0.2) is 9.59 Å². The molecule has 1 heterocycles. The van der Waals surface area contributed by atoms with Crippen molar-refractivity contribution in [2.24, 2.45) is 11.3 Å². The van der Waals surface area contributed by atoms with Gasteiger partial charge < -0.3 is 35.3 Å². The van der Waals surface area contributed by atoms with Crippen molar-refractivity contribution in [1.29, 1.82) is 0 Å². The maximum atomic E-state index is 13.9. The summed E-state index contributed by atoms with van der Waals surface area (Å²) in [4.78, 5) is 66.6. The minimum absolute atomic E-state index is 0.00414. The quantitative estimate of drug-likeness (QED) is 0.227. The molecular formula is C37H57N3O9. The lowest BCUT2D eigenvalue weighted by atomic mass is 9.83. The average molecular weight is 688 g/mol. The maximum Gasteiger partial charge on any atom is 0.408 e. The Balaban J connectivity index is 1.88. The molecule has 3 rings (SSSR count). The van der Waals surface area contributed by atoms with Crippen LogP contribution < -0.4 is 16.0 Å². The number of alkyl carbamates (subject to hydrolysis) is 1. The Labute approximate surface area is 290 Å². The Morgan fingerprint density at radius 2 is 1.65 bits per heavy atom. The molecule has 12 nitrogen and oxygen atoms in total. The molecular weight excluding hydrogens is 630 g/mol. The summed E-state index contributed by atoms with van der Waals surface area (Å²) in [5, 5.41) is 19.4. The van der Waals surface area contributed by atoms with E-state index in [1.807, 2.05) is 26.8 Å². The fraction of sp³-hybridized carbons (Fsp3) is 0.703. The van der Waals surface area contributed by atoms with Gasteiger partial charge in [0.2, 0.25) is 11.8 Å². The largest absolute Gasteiger partial charge is 0.463 e. The van der Waals surface area contributed by atoms with E-state index < -0.39 is 72.4 Å². The van der Waals surface area contributed by atoms with E-state index >= 15 is 0 Å². The second kappa shape index (κ2) is 18.4. The number of carbonyl (C=O) groups is 5. The zero-order chi connectivity index (χ0) is 36.2. The second-order valence-electron chi connectivity index (χ2n) is 15.6. The van der Waals surface area contributed by atoms with Crippen molar-refractivity contribution in [1.82, 2.24) is 16.0 Å². The van der Waals surface area contributed by atoms with Crippen LogP contribution in [0.4, 0.5) is 4.79 Å². The number of cyclic esters (lactones) is 2. The highest BCUT2D eigenvalue weighted by Crippen LogP contribution is 2.29. The molecule has 12 heteroatoms. The van der Waals surface area contributed by atoms with Crippen LogP contribution >= 0.6 is 0 Å². The van der Waals surface area contributed by atoms with Crippen molar-refractivity contribution >= 4 is 29.8 Å². The van der Waals surface area contributed by atoms with Gasteiger partial charge in [0.25, 0.3) is 0 Å². The third kappa shape index (κ3) is 14.8. The molecule has 1 aliphatic carbocycles. The first-order valence-corrected chi connectivity index (χ1v) is 17.7. The van der Waals surface area contributed by atoms with Gasteiger partial charge in [0.1, 0.15) is 30.4 Å². The minimum Gasteiger partial charge on any atom is -0.463 e. The number of esters is 2. The Morgan fingerprint density at radius 1 is 0.980 bits per heavy atom. The lowest BCUT2D eigenvalue weighted by Crippen LogP contribution is -2.59. The number of benzene rings is 1. The molecule has 0 spiro atoms. The highest BCUT2D eigenvalue weighted by Gasteiger charge is 2.37. The van der Waals surface area contributed by atoms with Crippen LogP contribution in [0.25, 0.3) is 0 Å². The SMILES string of the molecule is CC(C)(C)CC1CCCC(=O)OC[C@H](NC(=O)C(Cc2ccccc2)NC(=O)OC(C)(C)C)C(=O)N[C@@H](CC2CCCCC2)[C@@H](O)C(=O)O1. The van der Waals surface area contributed by atoms with E-state index in [4.69, 9.17) is 14.2 Å².